The van der Waals surface area contributed by atoms with E-state index in [0.717, 1.165) is 42.0 Å². The molecule has 1 unspecified atom stereocenters. The van der Waals surface area contributed by atoms with Crippen molar-refractivity contribution in [2.75, 3.05) is 6.54 Å². The first-order valence-electron chi connectivity index (χ1n) is 9.70. The van der Waals surface area contributed by atoms with Crippen molar-refractivity contribution >= 4 is 28.6 Å². The number of carbonyl (C=O) groups excluding carboxylic acids is 3. The number of Topliss-reactive ketones (excluding diaryl/α,β-unsaturated/α-hetero) is 1. The first kappa shape index (κ1) is 21.6. The first-order valence-corrected chi connectivity index (χ1v) is 9.70. The Morgan fingerprint density at radius 2 is 1.52 bits per heavy atom. The quantitative estimate of drug-likeness (QED) is 0.328. The summed E-state index contributed by atoms with van der Waals surface area (Å²) >= 11 is 0. The van der Waals surface area contributed by atoms with E-state index in [1.165, 1.54) is 0 Å². The van der Waals surface area contributed by atoms with Crippen LogP contribution in [0.1, 0.15) is 58.3 Å². The Hall–Kier alpha value is -2.15. The molecule has 2 amide bonds. The zero-order valence-corrected chi connectivity index (χ0v) is 19.6. The number of benzene rings is 1. The Bertz CT molecular complexity index is 963. The maximum atomic E-state index is 12.8. The number of imide groups is 1. The number of fused-ring (bicyclic) bond motifs is 3. The summed E-state index contributed by atoms with van der Waals surface area (Å²) in [5.74, 6) is -1.54. The van der Waals surface area contributed by atoms with Gasteiger partial charge in [0.25, 0.3) is 11.8 Å². The zero-order chi connectivity index (χ0) is 19.8. The molecule has 0 bridgehead atoms. The van der Waals surface area contributed by atoms with E-state index in [9.17, 15) is 14.4 Å². The van der Waals surface area contributed by atoms with Gasteiger partial charge in [0.15, 0.2) is 0 Å². The van der Waals surface area contributed by atoms with Crippen molar-refractivity contribution in [3.63, 3.8) is 0 Å². The van der Waals surface area contributed by atoms with Crippen molar-refractivity contribution in [1.29, 1.82) is 0 Å². The molecule has 2 heterocycles. The fourth-order valence-electron chi connectivity index (χ4n) is 3.65. The monoisotopic (exact) mass is 557 g/mol. The van der Waals surface area contributed by atoms with Crippen molar-refractivity contribution in [2.45, 2.75) is 39.0 Å². The van der Waals surface area contributed by atoms with Gasteiger partial charge in [-0.2, -0.15) is 0 Å². The number of rotatable bonds is 4. The summed E-state index contributed by atoms with van der Waals surface area (Å²) < 4.78 is 0. The third kappa shape index (κ3) is 3.97. The van der Waals surface area contributed by atoms with E-state index in [0.29, 0.717) is 28.6 Å². The minimum absolute atomic E-state index is 0. The molecule has 1 aromatic carbocycles. The molecule has 2 aromatic rings. The van der Waals surface area contributed by atoms with Crippen LogP contribution in [-0.2, 0) is 40.0 Å². The van der Waals surface area contributed by atoms with Gasteiger partial charge in [0.1, 0.15) is 5.78 Å². The van der Waals surface area contributed by atoms with Crippen molar-refractivity contribution < 1.29 is 36.8 Å². The van der Waals surface area contributed by atoms with Gasteiger partial charge in [-0.25, -0.2) is 9.97 Å². The minimum Gasteiger partial charge on any atom is -0.333 e. The smallest absolute Gasteiger partial charge is 0.262 e. The van der Waals surface area contributed by atoms with E-state index < -0.39 is 17.7 Å². The number of allylic oxidation sites excluding steroid dienone is 2. The van der Waals surface area contributed by atoms with Gasteiger partial charge < -0.3 is 11.7 Å². The molecule has 2 aliphatic rings. The van der Waals surface area contributed by atoms with E-state index >= 15 is 0 Å². The first-order chi connectivity index (χ1) is 13.5. The van der Waals surface area contributed by atoms with Gasteiger partial charge in [0, 0.05) is 22.4 Å². The number of amides is 2. The van der Waals surface area contributed by atoms with Crippen LogP contribution in [0.2, 0.25) is 0 Å². The third-order valence-corrected chi connectivity index (χ3v) is 5.43. The van der Waals surface area contributed by atoms with E-state index in [1.54, 1.807) is 12.1 Å². The normalized spacial score (nSPS) is 17.8. The maximum absolute atomic E-state index is 12.8. The fourth-order valence-corrected chi connectivity index (χ4v) is 3.65. The van der Waals surface area contributed by atoms with Gasteiger partial charge >= 0.3 is 0 Å². The Labute approximate surface area is 185 Å². The maximum Gasteiger partial charge on any atom is 0.262 e. The summed E-state index contributed by atoms with van der Waals surface area (Å²) in [4.78, 5) is 48.2. The molecule has 7 heteroatoms. The third-order valence-electron chi connectivity index (χ3n) is 5.43. The molecule has 0 saturated carbocycles. The van der Waals surface area contributed by atoms with E-state index in [-0.39, 0.29) is 34.7 Å². The Morgan fingerprint density at radius 1 is 1.03 bits per heavy atom. The Kier molecular flexibility index (Phi) is 6.46. The van der Waals surface area contributed by atoms with Crippen molar-refractivity contribution in [3.8, 4) is 0 Å². The molecule has 0 fully saturated rings. The van der Waals surface area contributed by atoms with E-state index in [4.69, 9.17) is 9.97 Å². The summed E-state index contributed by atoms with van der Waals surface area (Å²) in [5.41, 5.74) is 3.71. The summed E-state index contributed by atoms with van der Waals surface area (Å²) in [6, 6.07) is 3.28. The van der Waals surface area contributed by atoms with Crippen LogP contribution in [-0.4, -0.2) is 39.0 Å². The fraction of sp³-hybridized carbons (Fsp3) is 0.364. The van der Waals surface area contributed by atoms with Crippen LogP contribution >= 0.6 is 0 Å². The number of aromatic nitrogens is 2. The van der Waals surface area contributed by atoms with Crippen molar-refractivity contribution in [2.24, 2.45) is 5.92 Å². The number of nitrogens with zero attached hydrogens (tertiary/aromatic N) is 3. The second-order valence-corrected chi connectivity index (χ2v) is 7.32. The Morgan fingerprint density at radius 3 is 1.97 bits per heavy atom. The van der Waals surface area contributed by atoms with Gasteiger partial charge in [-0.05, 0) is 37.8 Å². The van der Waals surface area contributed by atoms with Gasteiger partial charge in [-0.3, -0.25) is 14.5 Å². The molecule has 149 valence electrons. The molecule has 29 heavy (non-hydrogen) atoms. The van der Waals surface area contributed by atoms with E-state index in [1.807, 2.05) is 6.92 Å². The van der Waals surface area contributed by atoms with Crippen LogP contribution < -0.4 is 0 Å². The van der Waals surface area contributed by atoms with Crippen LogP contribution in [0.25, 0.3) is 11.0 Å². The zero-order valence-electron chi connectivity index (χ0n) is 16.4. The molecule has 4 rings (SSSR count). The molecule has 6 nitrogen and oxygen atoms in total. The van der Waals surface area contributed by atoms with Crippen LogP contribution in [0.3, 0.4) is 0 Å². The second kappa shape index (κ2) is 8.69. The average Bonchev–Trinajstić information content (AvgIpc) is 2.90. The van der Waals surface area contributed by atoms with Gasteiger partial charge in [0.2, 0.25) is 0 Å². The number of hydrogen-bond donors (Lipinski definition) is 0. The van der Waals surface area contributed by atoms with Gasteiger partial charge in [-0.15, -0.1) is 5.92 Å². The number of carbonyl (C=O) groups is 3. The van der Waals surface area contributed by atoms with Crippen LogP contribution in [0.5, 0.6) is 0 Å². The molecule has 1 aromatic heterocycles. The van der Waals surface area contributed by atoms with E-state index in [2.05, 4.69) is 19.1 Å². The van der Waals surface area contributed by atoms with Crippen molar-refractivity contribution in [3.05, 3.63) is 53.7 Å². The van der Waals surface area contributed by atoms with Crippen LogP contribution in [0.4, 0.5) is 0 Å². The predicted octanol–water partition coefficient (Wildman–Crippen LogP) is 3.09. The SMILES string of the molecule is [CH2-]C(CC)C(=O)CN1C(=O)c2cc3nc4c(nc3cc2C1=O)CC/C=C/CC4.[Ta]. The summed E-state index contributed by atoms with van der Waals surface area (Å²) in [6.45, 7) is 5.39. The molecule has 1 radical (unpaired) electrons. The van der Waals surface area contributed by atoms with Gasteiger partial charge in [0.05, 0.1) is 40.1 Å². The van der Waals surface area contributed by atoms with Crippen LogP contribution in [0.15, 0.2) is 24.3 Å². The standard InChI is InChI=1S/C22H22N3O3.Ta/c1-3-13(2)20(26)12-25-21(27)14-10-18-19(11-15(14)22(25)28)24-17-9-7-5-4-6-8-16(17)23-18;/h4-5,10-11,13H,2-3,6-9,12H2,1H3;/q-1;/b5-4+;. The number of aryl methyl sites for hydroxylation is 2. The summed E-state index contributed by atoms with van der Waals surface area (Å²) in [5, 5.41) is 0. The minimum atomic E-state index is -0.449. The molecule has 1 aliphatic heterocycles. The molecule has 1 aliphatic carbocycles. The molecule has 1 atom stereocenters. The largest absolute Gasteiger partial charge is 0.333 e. The average molecular weight is 557 g/mol. The second-order valence-electron chi connectivity index (χ2n) is 7.32. The molecular weight excluding hydrogens is 535 g/mol. The summed E-state index contributed by atoms with van der Waals surface area (Å²) in [7, 11) is 0. The van der Waals surface area contributed by atoms with Gasteiger partial charge in [-0.1, -0.05) is 25.5 Å². The Balaban J connectivity index is 0.00000240. The molecular formula is C22H22N3O3Ta-. The number of hydrogen-bond acceptors (Lipinski definition) is 5. The van der Waals surface area contributed by atoms with Crippen LogP contribution in [0, 0.1) is 12.8 Å². The molecule has 0 N–H and O–H groups in total. The topological polar surface area (TPSA) is 80.2 Å². The predicted molar refractivity (Wildman–Crippen MR) is 105 cm³/mol. The molecule has 0 spiro atoms. The van der Waals surface area contributed by atoms with Crippen molar-refractivity contribution in [1.82, 2.24) is 14.9 Å². The summed E-state index contributed by atoms with van der Waals surface area (Å²) in [6.07, 6.45) is 8.31. The molecule has 0 saturated heterocycles. The number of ketones is 1.